The molecule has 1 aromatic carbocycles. The molecule has 0 aromatic heterocycles. The number of nitrogens with two attached hydrogens (primary N) is 2. The van der Waals surface area contributed by atoms with Gasteiger partial charge in [0.25, 0.3) is 0 Å². The van der Waals surface area contributed by atoms with Crippen LogP contribution < -0.4 is 11.5 Å². The number of rotatable bonds is 2. The Balaban J connectivity index is 0.00000196. The SMILES string of the molecule is Nc1ccc([N+](=O)[O-])c([N+](=O)[O-])c1N.[Pt+2]. The van der Waals surface area contributed by atoms with Crippen LogP contribution in [0.5, 0.6) is 0 Å². The maximum atomic E-state index is 10.5. The van der Waals surface area contributed by atoms with Crippen molar-refractivity contribution in [3.8, 4) is 0 Å². The topological polar surface area (TPSA) is 138 Å². The summed E-state index contributed by atoms with van der Waals surface area (Å²) in [6, 6.07) is 2.10. The molecule has 0 amide bonds. The summed E-state index contributed by atoms with van der Waals surface area (Å²) in [6.07, 6.45) is 0. The number of nitrogens with zero attached hydrogens (tertiary/aromatic N) is 2. The van der Waals surface area contributed by atoms with Crippen LogP contribution in [0.15, 0.2) is 12.1 Å². The van der Waals surface area contributed by atoms with E-state index >= 15 is 0 Å². The van der Waals surface area contributed by atoms with E-state index in [0.717, 1.165) is 12.1 Å². The Labute approximate surface area is 97.8 Å². The van der Waals surface area contributed by atoms with E-state index in [2.05, 4.69) is 0 Å². The van der Waals surface area contributed by atoms with E-state index in [1.165, 1.54) is 0 Å². The van der Waals surface area contributed by atoms with Gasteiger partial charge in [0.05, 0.1) is 15.5 Å². The summed E-state index contributed by atoms with van der Waals surface area (Å²) in [5.74, 6) is 0. The molecule has 0 saturated carbocycles. The molecule has 0 aliphatic rings. The molecule has 0 saturated heterocycles. The van der Waals surface area contributed by atoms with Gasteiger partial charge in [-0.3, -0.25) is 20.2 Å². The van der Waals surface area contributed by atoms with Gasteiger partial charge in [-0.2, -0.15) is 0 Å². The van der Waals surface area contributed by atoms with Gasteiger partial charge in [0.1, 0.15) is 5.69 Å². The van der Waals surface area contributed by atoms with Crippen LogP contribution in [0.25, 0.3) is 0 Å². The van der Waals surface area contributed by atoms with Crippen LogP contribution in [0.1, 0.15) is 0 Å². The standard InChI is InChI=1S/C6H6N4O4.Pt/c7-3-1-2-4(9(11)12)6(5(3)8)10(13)14;/h1-2H,7-8H2;/q;+2. The van der Waals surface area contributed by atoms with Gasteiger partial charge in [-0.15, -0.1) is 0 Å². The van der Waals surface area contributed by atoms with Gasteiger partial charge in [0.15, 0.2) is 0 Å². The molecule has 0 radical (unpaired) electrons. The van der Waals surface area contributed by atoms with Gasteiger partial charge in [-0.05, 0) is 6.07 Å². The number of hydrogen-bond acceptors (Lipinski definition) is 6. The monoisotopic (exact) mass is 393 g/mol. The van der Waals surface area contributed by atoms with Crippen molar-refractivity contribution < 1.29 is 30.9 Å². The molecule has 1 rings (SSSR count). The van der Waals surface area contributed by atoms with Crippen LogP contribution in [0.3, 0.4) is 0 Å². The Bertz CT molecular complexity index is 422. The summed E-state index contributed by atoms with van der Waals surface area (Å²) in [5, 5.41) is 20.9. The average molecular weight is 393 g/mol. The first kappa shape index (κ1) is 13.3. The maximum absolute atomic E-state index is 10.5. The summed E-state index contributed by atoms with van der Waals surface area (Å²) in [6.45, 7) is 0. The molecule has 0 bridgehead atoms. The normalized spacial score (nSPS) is 9.07. The first-order valence-electron chi connectivity index (χ1n) is 3.42. The second kappa shape index (κ2) is 4.70. The third-order valence-electron chi connectivity index (χ3n) is 1.61. The zero-order valence-corrected chi connectivity index (χ0v) is 9.43. The molecule has 0 aliphatic carbocycles. The molecule has 1 aromatic rings. The van der Waals surface area contributed by atoms with E-state index in [0.29, 0.717) is 0 Å². The number of nitro benzene ring substituents is 2. The zero-order chi connectivity index (χ0) is 10.9. The summed E-state index contributed by atoms with van der Waals surface area (Å²) in [7, 11) is 0. The largest absolute Gasteiger partial charge is 2.00 e. The summed E-state index contributed by atoms with van der Waals surface area (Å²) in [5.41, 5.74) is 8.65. The molecular weight excluding hydrogens is 387 g/mol. The fraction of sp³-hybridized carbons (Fsp3) is 0. The molecule has 9 heteroatoms. The zero-order valence-electron chi connectivity index (χ0n) is 7.15. The fourth-order valence-corrected chi connectivity index (χ4v) is 0.951. The fourth-order valence-electron chi connectivity index (χ4n) is 0.951. The summed E-state index contributed by atoms with van der Waals surface area (Å²) < 4.78 is 0. The number of hydrogen-bond donors (Lipinski definition) is 2. The van der Waals surface area contributed by atoms with Crippen LogP contribution in [0.4, 0.5) is 22.7 Å². The van der Waals surface area contributed by atoms with Crippen molar-refractivity contribution in [3.05, 3.63) is 32.4 Å². The minimum Gasteiger partial charge on any atom is -0.397 e. The third-order valence-corrected chi connectivity index (χ3v) is 1.61. The second-order valence-electron chi connectivity index (χ2n) is 2.45. The Morgan fingerprint density at radius 2 is 1.60 bits per heavy atom. The van der Waals surface area contributed by atoms with Gasteiger partial charge >= 0.3 is 32.4 Å². The smallest absolute Gasteiger partial charge is 0.397 e. The van der Waals surface area contributed by atoms with Gasteiger partial charge in [0.2, 0.25) is 0 Å². The van der Waals surface area contributed by atoms with E-state index in [4.69, 9.17) is 11.5 Å². The molecule has 0 heterocycles. The minimum absolute atomic E-state index is 0. The maximum Gasteiger partial charge on any atom is 2.00 e. The van der Waals surface area contributed by atoms with Crippen molar-refractivity contribution in [2.24, 2.45) is 0 Å². The number of nitrogen functional groups attached to an aromatic ring is 2. The van der Waals surface area contributed by atoms with Crippen molar-refractivity contribution in [2.45, 2.75) is 0 Å². The van der Waals surface area contributed by atoms with E-state index < -0.39 is 21.2 Å². The predicted molar refractivity (Wildman–Crippen MR) is 48.6 cm³/mol. The van der Waals surface area contributed by atoms with Gasteiger partial charge < -0.3 is 11.5 Å². The molecule has 0 unspecified atom stereocenters. The second-order valence-corrected chi connectivity index (χ2v) is 2.45. The molecular formula is C6H6N4O4Pt+2. The van der Waals surface area contributed by atoms with Gasteiger partial charge in [0, 0.05) is 6.07 Å². The van der Waals surface area contributed by atoms with Crippen molar-refractivity contribution in [1.82, 2.24) is 0 Å². The first-order chi connectivity index (χ1) is 6.45. The van der Waals surface area contributed by atoms with Crippen LogP contribution in [0, 0.1) is 20.2 Å². The molecule has 0 aliphatic heterocycles. The van der Waals surface area contributed by atoms with Crippen molar-refractivity contribution in [3.63, 3.8) is 0 Å². The van der Waals surface area contributed by atoms with E-state index in [1.54, 1.807) is 0 Å². The van der Waals surface area contributed by atoms with Crippen LogP contribution in [0.2, 0.25) is 0 Å². The van der Waals surface area contributed by atoms with E-state index in [-0.39, 0.29) is 32.4 Å². The molecule has 0 fully saturated rings. The minimum atomic E-state index is -0.927. The van der Waals surface area contributed by atoms with Crippen molar-refractivity contribution >= 4 is 22.7 Å². The molecule has 82 valence electrons. The summed E-state index contributed by atoms with van der Waals surface area (Å²) in [4.78, 5) is 19.1. The number of nitro groups is 2. The third kappa shape index (κ3) is 2.41. The Hall–Kier alpha value is -1.69. The molecule has 0 spiro atoms. The van der Waals surface area contributed by atoms with E-state index in [9.17, 15) is 20.2 Å². The van der Waals surface area contributed by atoms with Gasteiger partial charge in [-0.1, -0.05) is 0 Å². The average Bonchev–Trinajstić information content (AvgIpc) is 2.08. The molecule has 0 atom stereocenters. The molecule has 8 nitrogen and oxygen atoms in total. The van der Waals surface area contributed by atoms with Crippen LogP contribution >= 0.6 is 0 Å². The van der Waals surface area contributed by atoms with Gasteiger partial charge in [-0.25, -0.2) is 0 Å². The Morgan fingerprint density at radius 1 is 1.07 bits per heavy atom. The Kier molecular flexibility index (Phi) is 4.17. The summed E-state index contributed by atoms with van der Waals surface area (Å²) >= 11 is 0. The van der Waals surface area contributed by atoms with E-state index in [1.807, 2.05) is 0 Å². The molecule has 15 heavy (non-hydrogen) atoms. The predicted octanol–water partition coefficient (Wildman–Crippen LogP) is 0.665. The van der Waals surface area contributed by atoms with Crippen LogP contribution in [-0.4, -0.2) is 9.85 Å². The van der Waals surface area contributed by atoms with Crippen molar-refractivity contribution in [2.75, 3.05) is 11.5 Å². The van der Waals surface area contributed by atoms with Crippen molar-refractivity contribution in [1.29, 1.82) is 0 Å². The number of benzene rings is 1. The van der Waals surface area contributed by atoms with Crippen LogP contribution in [-0.2, 0) is 21.1 Å². The number of anilines is 2. The first-order valence-corrected chi connectivity index (χ1v) is 3.42. The molecule has 4 N–H and O–H groups in total. The Morgan fingerprint density at radius 3 is 2.00 bits per heavy atom. The quantitative estimate of drug-likeness (QED) is 0.430.